The molecule has 0 unspecified atom stereocenters. The molecule has 7 heteroatoms. The van der Waals surface area contributed by atoms with E-state index in [0.717, 1.165) is 24.0 Å². The van der Waals surface area contributed by atoms with Crippen molar-refractivity contribution in [1.29, 1.82) is 0 Å². The summed E-state index contributed by atoms with van der Waals surface area (Å²) in [5.41, 5.74) is 7.93. The van der Waals surface area contributed by atoms with Crippen molar-refractivity contribution in [2.24, 2.45) is 17.1 Å². The molecule has 31 heavy (non-hydrogen) atoms. The topological polar surface area (TPSA) is 84.7 Å². The first-order valence-corrected chi connectivity index (χ1v) is 10.9. The predicted octanol–water partition coefficient (Wildman–Crippen LogP) is 4.81. The van der Waals surface area contributed by atoms with Crippen LogP contribution in [0.3, 0.4) is 0 Å². The van der Waals surface area contributed by atoms with Crippen LogP contribution >= 0.6 is 11.6 Å². The quantitative estimate of drug-likeness (QED) is 0.582. The van der Waals surface area contributed by atoms with E-state index in [1.54, 1.807) is 18.2 Å². The van der Waals surface area contributed by atoms with E-state index in [9.17, 15) is 9.59 Å². The van der Waals surface area contributed by atoms with Gasteiger partial charge in [-0.2, -0.15) is 0 Å². The summed E-state index contributed by atoms with van der Waals surface area (Å²) in [7, 11) is 0. The van der Waals surface area contributed by atoms with Gasteiger partial charge in [-0.1, -0.05) is 55.8 Å². The van der Waals surface area contributed by atoms with Crippen molar-refractivity contribution in [2.45, 2.75) is 39.8 Å². The van der Waals surface area contributed by atoms with E-state index in [4.69, 9.17) is 22.1 Å². The van der Waals surface area contributed by atoms with Crippen molar-refractivity contribution >= 4 is 29.3 Å². The summed E-state index contributed by atoms with van der Waals surface area (Å²) < 4.78 is 5.28. The molecule has 1 fully saturated rings. The minimum absolute atomic E-state index is 0.0987. The minimum Gasteiger partial charge on any atom is -0.444 e. The predicted molar refractivity (Wildman–Crippen MR) is 123 cm³/mol. The van der Waals surface area contributed by atoms with Gasteiger partial charge in [-0.05, 0) is 54.1 Å². The second-order valence-corrected chi connectivity index (χ2v) is 9.24. The summed E-state index contributed by atoms with van der Waals surface area (Å²) in [6.07, 6.45) is 1.31. The maximum Gasteiger partial charge on any atom is 0.411 e. The summed E-state index contributed by atoms with van der Waals surface area (Å²) in [4.78, 5) is 26.9. The number of ether oxygens (including phenoxy) is 1. The Hall–Kier alpha value is -2.57. The van der Waals surface area contributed by atoms with Gasteiger partial charge in [0.25, 0.3) is 0 Å². The lowest BCUT2D eigenvalue weighted by molar-refractivity contribution is -0.134. The fraction of sp³-hybridized carbons (Fsp3) is 0.417. The maximum atomic E-state index is 12.8. The number of amides is 2. The zero-order chi connectivity index (χ0) is 22.4. The zero-order valence-corrected chi connectivity index (χ0v) is 18.8. The van der Waals surface area contributed by atoms with Crippen LogP contribution in [0.1, 0.15) is 37.8 Å². The lowest BCUT2D eigenvalue weighted by atomic mass is 9.92. The van der Waals surface area contributed by atoms with Gasteiger partial charge in [0.1, 0.15) is 6.61 Å². The number of anilines is 1. The van der Waals surface area contributed by atoms with Gasteiger partial charge in [-0.3, -0.25) is 10.1 Å². The number of nitrogens with zero attached hydrogens (tertiary/aromatic N) is 1. The molecule has 1 saturated carbocycles. The standard InChI is InChI=1S/C24H30ClN3O3/c1-24(2,15-26)16-28(22(29)18-8-9-18)13-19-12-20(10-11-21(19)25)27-23(30)31-14-17-6-4-3-5-7-17/h3-7,10-12,18H,8-9,13-16,26H2,1-2H3,(H,27,30). The molecule has 2 aromatic rings. The summed E-state index contributed by atoms with van der Waals surface area (Å²) in [5.74, 6) is 0.236. The van der Waals surface area contributed by atoms with Crippen LogP contribution < -0.4 is 11.1 Å². The largest absolute Gasteiger partial charge is 0.444 e. The Morgan fingerprint density at radius 1 is 1.19 bits per heavy atom. The molecule has 0 saturated heterocycles. The number of carbonyl (C=O) groups excluding carboxylic acids is 2. The second kappa shape index (κ2) is 10.2. The van der Waals surface area contributed by atoms with Gasteiger partial charge in [0.15, 0.2) is 0 Å². The van der Waals surface area contributed by atoms with Crippen LogP contribution in [0.25, 0.3) is 0 Å². The number of nitrogens with one attached hydrogen (secondary N) is 1. The van der Waals surface area contributed by atoms with Crippen molar-refractivity contribution in [3.63, 3.8) is 0 Å². The first kappa shape index (κ1) is 23.1. The van der Waals surface area contributed by atoms with E-state index in [1.165, 1.54) is 0 Å². The molecular weight excluding hydrogens is 414 g/mol. The highest BCUT2D eigenvalue weighted by Gasteiger charge is 2.35. The number of rotatable bonds is 9. The Morgan fingerprint density at radius 3 is 2.55 bits per heavy atom. The third kappa shape index (κ3) is 6.97. The average molecular weight is 444 g/mol. The Kier molecular flexibility index (Phi) is 7.57. The van der Waals surface area contributed by atoms with E-state index in [2.05, 4.69) is 5.32 Å². The lowest BCUT2D eigenvalue weighted by Crippen LogP contribution is -2.42. The van der Waals surface area contributed by atoms with Gasteiger partial charge in [0.05, 0.1) is 0 Å². The van der Waals surface area contributed by atoms with E-state index >= 15 is 0 Å². The third-order valence-electron chi connectivity index (χ3n) is 5.28. The summed E-state index contributed by atoms with van der Waals surface area (Å²) >= 11 is 6.42. The lowest BCUT2D eigenvalue weighted by Gasteiger charge is -2.32. The van der Waals surface area contributed by atoms with Gasteiger partial charge in [0.2, 0.25) is 5.91 Å². The van der Waals surface area contributed by atoms with Crippen LogP contribution in [0, 0.1) is 11.3 Å². The molecule has 2 amide bonds. The van der Waals surface area contributed by atoms with Crippen LogP contribution in [0.15, 0.2) is 48.5 Å². The second-order valence-electron chi connectivity index (χ2n) is 8.83. The molecule has 6 nitrogen and oxygen atoms in total. The Labute approximate surface area is 188 Å². The van der Waals surface area contributed by atoms with E-state index in [-0.39, 0.29) is 23.8 Å². The number of hydrogen-bond donors (Lipinski definition) is 2. The maximum absolute atomic E-state index is 12.8. The number of nitrogens with two attached hydrogens (primary N) is 1. The van der Waals surface area contributed by atoms with Crippen LogP contribution in [0.4, 0.5) is 10.5 Å². The molecule has 0 aromatic heterocycles. The molecular formula is C24H30ClN3O3. The smallest absolute Gasteiger partial charge is 0.411 e. The third-order valence-corrected chi connectivity index (χ3v) is 5.64. The van der Waals surface area contributed by atoms with Crippen LogP contribution in [0.5, 0.6) is 0 Å². The average Bonchev–Trinajstić information content (AvgIpc) is 3.59. The van der Waals surface area contributed by atoms with Gasteiger partial charge in [-0.25, -0.2) is 4.79 Å². The monoisotopic (exact) mass is 443 g/mol. The molecule has 0 bridgehead atoms. The molecule has 1 aliphatic rings. The van der Waals surface area contributed by atoms with Gasteiger partial charge in [0, 0.05) is 29.7 Å². The van der Waals surface area contributed by atoms with E-state index in [1.807, 2.05) is 49.1 Å². The number of halogens is 1. The number of hydrogen-bond acceptors (Lipinski definition) is 4. The van der Waals surface area contributed by atoms with E-state index < -0.39 is 6.09 Å². The van der Waals surface area contributed by atoms with Gasteiger partial charge >= 0.3 is 6.09 Å². The van der Waals surface area contributed by atoms with Crippen molar-refractivity contribution in [2.75, 3.05) is 18.4 Å². The first-order valence-electron chi connectivity index (χ1n) is 10.5. The van der Waals surface area contributed by atoms with Crippen LogP contribution in [-0.2, 0) is 22.7 Å². The normalized spacial score (nSPS) is 13.5. The minimum atomic E-state index is -0.549. The fourth-order valence-corrected chi connectivity index (χ4v) is 3.42. The molecule has 166 valence electrons. The Bertz CT molecular complexity index is 914. The fourth-order valence-electron chi connectivity index (χ4n) is 3.24. The highest BCUT2D eigenvalue weighted by molar-refractivity contribution is 6.31. The Morgan fingerprint density at radius 2 is 1.90 bits per heavy atom. The molecule has 2 aromatic carbocycles. The molecule has 1 aliphatic carbocycles. The number of carbonyl (C=O) groups is 2. The molecule has 3 rings (SSSR count). The molecule has 0 atom stereocenters. The first-order chi connectivity index (χ1) is 14.8. The molecule has 0 heterocycles. The summed E-state index contributed by atoms with van der Waals surface area (Å²) in [6, 6.07) is 14.7. The molecule has 0 spiro atoms. The molecule has 0 radical (unpaired) electrons. The van der Waals surface area contributed by atoms with Crippen molar-refractivity contribution in [1.82, 2.24) is 4.90 Å². The van der Waals surface area contributed by atoms with Gasteiger partial charge < -0.3 is 15.4 Å². The SMILES string of the molecule is CC(C)(CN)CN(Cc1cc(NC(=O)OCc2ccccc2)ccc1Cl)C(=O)C1CC1. The zero-order valence-electron chi connectivity index (χ0n) is 18.1. The summed E-state index contributed by atoms with van der Waals surface area (Å²) in [6.45, 7) is 5.66. The van der Waals surface area contributed by atoms with Crippen LogP contribution in [0.2, 0.25) is 5.02 Å². The molecule has 3 N–H and O–H groups in total. The van der Waals surface area contributed by atoms with E-state index in [0.29, 0.717) is 30.3 Å². The van der Waals surface area contributed by atoms with Crippen molar-refractivity contribution in [3.05, 3.63) is 64.7 Å². The highest BCUT2D eigenvalue weighted by atomic mass is 35.5. The molecule has 0 aliphatic heterocycles. The van der Waals surface area contributed by atoms with Crippen LogP contribution in [-0.4, -0.2) is 30.0 Å². The Balaban J connectivity index is 1.67. The highest BCUT2D eigenvalue weighted by Crippen LogP contribution is 2.33. The summed E-state index contributed by atoms with van der Waals surface area (Å²) in [5, 5.41) is 3.28. The number of benzene rings is 2. The van der Waals surface area contributed by atoms with Gasteiger partial charge in [-0.15, -0.1) is 0 Å². The van der Waals surface area contributed by atoms with Crippen molar-refractivity contribution < 1.29 is 14.3 Å². The van der Waals surface area contributed by atoms with Crippen molar-refractivity contribution in [3.8, 4) is 0 Å².